The third kappa shape index (κ3) is 5.42. The van der Waals surface area contributed by atoms with E-state index in [1.807, 2.05) is 0 Å². The van der Waals surface area contributed by atoms with Crippen LogP contribution in [0.25, 0.3) is 5.69 Å². The molecule has 178 valence electrons. The summed E-state index contributed by atoms with van der Waals surface area (Å²) < 4.78 is 34.0. The Kier molecular flexibility index (Phi) is 7.67. The number of aromatic nitrogens is 1. The fraction of sp³-hybridized carbons (Fsp3) is 0.174. The molecule has 11 heteroatoms. The van der Waals surface area contributed by atoms with E-state index in [-0.39, 0.29) is 40.4 Å². The summed E-state index contributed by atoms with van der Waals surface area (Å²) in [5.74, 6) is -1.74. The van der Waals surface area contributed by atoms with Gasteiger partial charge in [-0.3, -0.25) is 14.2 Å². The molecule has 3 rings (SSSR count). The van der Waals surface area contributed by atoms with Crippen molar-refractivity contribution in [1.29, 1.82) is 0 Å². The van der Waals surface area contributed by atoms with E-state index in [0.717, 1.165) is 12.1 Å². The van der Waals surface area contributed by atoms with E-state index < -0.39 is 23.3 Å². The number of ether oxygens (including phenoxy) is 1. The Bertz CT molecular complexity index is 1330. The molecule has 0 saturated carbocycles. The summed E-state index contributed by atoms with van der Waals surface area (Å²) in [5, 5.41) is 13.7. The van der Waals surface area contributed by atoms with E-state index in [0.29, 0.717) is 16.9 Å². The molecule has 1 heterocycles. The van der Waals surface area contributed by atoms with Crippen molar-refractivity contribution in [2.45, 2.75) is 20.1 Å². The second kappa shape index (κ2) is 10.5. The maximum absolute atomic E-state index is 13.9. The zero-order valence-electron chi connectivity index (χ0n) is 18.1. The van der Waals surface area contributed by atoms with Crippen LogP contribution in [0.3, 0.4) is 0 Å². The Morgan fingerprint density at radius 1 is 1.12 bits per heavy atom. The lowest BCUT2D eigenvalue weighted by Gasteiger charge is -2.18. The molecular formula is C23H20BrF2N3O5. The van der Waals surface area contributed by atoms with Crippen LogP contribution < -0.4 is 20.9 Å². The number of aryl methyl sites for hydroxylation is 1. The summed E-state index contributed by atoms with van der Waals surface area (Å²) in [6.45, 7) is 1.28. The van der Waals surface area contributed by atoms with Crippen molar-refractivity contribution in [3.05, 3.63) is 91.3 Å². The average Bonchev–Trinajstić information content (AvgIpc) is 2.79. The molecule has 0 aliphatic carbocycles. The van der Waals surface area contributed by atoms with Gasteiger partial charge in [0.05, 0.1) is 5.69 Å². The highest BCUT2D eigenvalue weighted by atomic mass is 79.9. The van der Waals surface area contributed by atoms with Crippen LogP contribution in [-0.4, -0.2) is 28.7 Å². The number of hydrogen-bond acceptors (Lipinski definition) is 4. The van der Waals surface area contributed by atoms with Crippen molar-refractivity contribution in [3.8, 4) is 11.4 Å². The maximum Gasteiger partial charge on any atom is 0.404 e. The number of nitrogens with zero attached hydrogens (tertiary/aromatic N) is 1. The fourth-order valence-corrected chi connectivity index (χ4v) is 3.66. The largest absolute Gasteiger partial charge is 0.487 e. The highest BCUT2D eigenvalue weighted by molar-refractivity contribution is 9.10. The minimum absolute atomic E-state index is 0.0307. The molecule has 0 atom stereocenters. The minimum atomic E-state index is -1.25. The topological polar surface area (TPSA) is 110 Å². The SMILES string of the molecule is CNC(=O)c1ccc(CNC(=O)O)c(-n2c(C)cc(OCc3ccc(F)cc3F)c(Br)c2=O)c1. The van der Waals surface area contributed by atoms with E-state index in [1.165, 1.54) is 35.9 Å². The quantitative estimate of drug-likeness (QED) is 0.425. The molecule has 0 unspecified atom stereocenters. The molecule has 2 amide bonds. The lowest BCUT2D eigenvalue weighted by atomic mass is 10.1. The Morgan fingerprint density at radius 2 is 1.82 bits per heavy atom. The number of amides is 2. The molecule has 0 radical (unpaired) electrons. The normalized spacial score (nSPS) is 10.6. The number of rotatable bonds is 7. The Hall–Kier alpha value is -3.73. The van der Waals surface area contributed by atoms with Crippen LogP contribution in [0.15, 0.2) is 51.7 Å². The number of halogens is 3. The van der Waals surface area contributed by atoms with Crippen molar-refractivity contribution in [1.82, 2.24) is 15.2 Å². The highest BCUT2D eigenvalue weighted by Crippen LogP contribution is 2.27. The van der Waals surface area contributed by atoms with Crippen LogP contribution in [0.5, 0.6) is 5.75 Å². The molecule has 0 saturated heterocycles. The molecule has 0 bridgehead atoms. The molecule has 1 aromatic heterocycles. The first-order valence-electron chi connectivity index (χ1n) is 9.93. The summed E-state index contributed by atoms with van der Waals surface area (Å²) in [7, 11) is 1.46. The second-order valence-electron chi connectivity index (χ2n) is 7.21. The molecule has 3 N–H and O–H groups in total. The van der Waals surface area contributed by atoms with E-state index >= 15 is 0 Å². The fourth-order valence-electron chi connectivity index (χ4n) is 3.26. The van der Waals surface area contributed by atoms with E-state index in [9.17, 15) is 23.2 Å². The molecule has 8 nitrogen and oxygen atoms in total. The Balaban J connectivity index is 2.04. The van der Waals surface area contributed by atoms with Crippen LogP contribution in [0.2, 0.25) is 0 Å². The smallest absolute Gasteiger partial charge is 0.404 e. The van der Waals surface area contributed by atoms with E-state index in [2.05, 4.69) is 26.6 Å². The molecule has 0 fully saturated rings. The molecule has 3 aromatic rings. The molecule has 0 aliphatic rings. The van der Waals surface area contributed by atoms with Gasteiger partial charge in [0.2, 0.25) is 0 Å². The van der Waals surface area contributed by atoms with Gasteiger partial charge in [-0.25, -0.2) is 13.6 Å². The van der Waals surface area contributed by atoms with Gasteiger partial charge in [0.1, 0.15) is 28.5 Å². The number of nitrogens with one attached hydrogen (secondary N) is 2. The van der Waals surface area contributed by atoms with Crippen molar-refractivity contribution >= 4 is 27.9 Å². The predicted octanol–water partition coefficient (Wildman–Crippen LogP) is 3.89. The number of pyridine rings is 1. The highest BCUT2D eigenvalue weighted by Gasteiger charge is 2.18. The number of benzene rings is 2. The number of carboxylic acid groups (broad SMARTS) is 1. The third-order valence-corrected chi connectivity index (χ3v) is 5.67. The van der Waals surface area contributed by atoms with Gasteiger partial charge < -0.3 is 20.5 Å². The molecule has 2 aromatic carbocycles. The maximum atomic E-state index is 13.9. The first-order valence-corrected chi connectivity index (χ1v) is 10.7. The van der Waals surface area contributed by atoms with Crippen molar-refractivity contribution in [3.63, 3.8) is 0 Å². The minimum Gasteiger partial charge on any atom is -0.487 e. The lowest BCUT2D eigenvalue weighted by molar-refractivity contribution is 0.0963. The summed E-state index contributed by atoms with van der Waals surface area (Å²) >= 11 is 3.21. The van der Waals surface area contributed by atoms with Gasteiger partial charge in [-0.2, -0.15) is 0 Å². The number of carbonyl (C=O) groups excluding carboxylic acids is 1. The standard InChI is InChI=1S/C23H20BrF2N3O5/c1-12-7-19(34-11-15-5-6-16(25)9-17(15)26)20(24)22(31)29(12)18-8-13(21(30)27-2)3-4-14(18)10-28-23(32)33/h3-9,28H,10-11H2,1-2H3,(H,27,30)(H,32,33). The van der Waals surface area contributed by atoms with Crippen molar-refractivity contribution in [2.75, 3.05) is 7.05 Å². The van der Waals surface area contributed by atoms with E-state index in [4.69, 9.17) is 9.84 Å². The van der Waals surface area contributed by atoms with Crippen LogP contribution in [0.4, 0.5) is 13.6 Å². The van der Waals surface area contributed by atoms with Crippen LogP contribution in [0.1, 0.15) is 27.2 Å². The van der Waals surface area contributed by atoms with Gasteiger partial charge in [0, 0.05) is 42.5 Å². The first-order chi connectivity index (χ1) is 16.1. The van der Waals surface area contributed by atoms with Gasteiger partial charge >= 0.3 is 6.09 Å². The van der Waals surface area contributed by atoms with Gasteiger partial charge in [-0.1, -0.05) is 6.07 Å². The molecule has 0 spiro atoms. The van der Waals surface area contributed by atoms with Crippen molar-refractivity contribution < 1.29 is 28.2 Å². The zero-order valence-corrected chi connectivity index (χ0v) is 19.7. The van der Waals surface area contributed by atoms with Gasteiger partial charge in [-0.15, -0.1) is 0 Å². The number of hydrogen-bond donors (Lipinski definition) is 3. The van der Waals surface area contributed by atoms with Crippen molar-refractivity contribution in [2.24, 2.45) is 0 Å². The Labute approximate surface area is 201 Å². The first kappa shape index (κ1) is 24.9. The number of carbonyl (C=O) groups is 2. The van der Waals surface area contributed by atoms with Crippen LogP contribution >= 0.6 is 15.9 Å². The summed E-state index contributed by atoms with van der Waals surface area (Å²) in [6.07, 6.45) is -1.25. The summed E-state index contributed by atoms with van der Waals surface area (Å²) in [6, 6.07) is 9.18. The summed E-state index contributed by atoms with van der Waals surface area (Å²) in [4.78, 5) is 36.4. The van der Waals surface area contributed by atoms with E-state index in [1.54, 1.807) is 13.0 Å². The van der Waals surface area contributed by atoms with Gasteiger partial charge in [-0.05, 0) is 52.7 Å². The molecular weight excluding hydrogens is 516 g/mol. The Morgan fingerprint density at radius 3 is 2.47 bits per heavy atom. The van der Waals surface area contributed by atoms with Crippen LogP contribution in [0, 0.1) is 18.6 Å². The van der Waals surface area contributed by atoms with Gasteiger partial charge in [0.25, 0.3) is 11.5 Å². The monoisotopic (exact) mass is 535 g/mol. The lowest BCUT2D eigenvalue weighted by Crippen LogP contribution is -2.27. The van der Waals surface area contributed by atoms with Gasteiger partial charge in [0.15, 0.2) is 0 Å². The predicted molar refractivity (Wildman–Crippen MR) is 123 cm³/mol. The second-order valence-corrected chi connectivity index (χ2v) is 8.00. The van der Waals surface area contributed by atoms with Crippen LogP contribution in [-0.2, 0) is 13.2 Å². The third-order valence-electron chi connectivity index (χ3n) is 4.94. The molecule has 34 heavy (non-hydrogen) atoms. The average molecular weight is 536 g/mol. The zero-order chi connectivity index (χ0) is 25.0. The summed E-state index contributed by atoms with van der Waals surface area (Å²) in [5.41, 5.74) is 0.999. The molecule has 0 aliphatic heterocycles.